The van der Waals surface area contributed by atoms with E-state index in [0.717, 1.165) is 0 Å². The normalized spacial score (nSPS) is 33.1. The molecule has 1 unspecified atom stereocenters. The quantitative estimate of drug-likeness (QED) is 0.546. The first-order valence-corrected chi connectivity index (χ1v) is 4.02. The Kier molecular flexibility index (Phi) is 1.96. The van der Waals surface area contributed by atoms with Crippen molar-refractivity contribution in [2.45, 2.75) is 25.0 Å². The molecular formula is C7H11NS. The van der Waals surface area contributed by atoms with Crippen molar-refractivity contribution in [2.24, 2.45) is 4.99 Å². The maximum absolute atomic E-state index is 3.98. The second-order valence-corrected chi connectivity index (χ2v) is 3.73. The molecule has 0 spiro atoms. The van der Waals surface area contributed by atoms with E-state index in [4.69, 9.17) is 0 Å². The fourth-order valence-electron chi connectivity index (χ4n) is 0.627. The van der Waals surface area contributed by atoms with Crippen molar-refractivity contribution >= 4 is 17.3 Å². The molecule has 0 amide bonds. The molecule has 0 aliphatic carbocycles. The van der Waals surface area contributed by atoms with E-state index >= 15 is 0 Å². The molecule has 0 radical (unpaired) electrons. The molecule has 0 aromatic heterocycles. The largest absolute Gasteiger partial charge is 0.258 e. The number of rotatable bonds is 1. The van der Waals surface area contributed by atoms with Crippen molar-refractivity contribution in [3.05, 3.63) is 12.3 Å². The van der Waals surface area contributed by atoms with Crippen molar-refractivity contribution in [1.29, 1.82) is 0 Å². The molecule has 1 atom stereocenters. The predicted molar refractivity (Wildman–Crippen MR) is 43.9 cm³/mol. The highest BCUT2D eigenvalue weighted by atomic mass is 32.2. The van der Waals surface area contributed by atoms with Gasteiger partial charge in [-0.25, -0.2) is 0 Å². The zero-order valence-corrected chi connectivity index (χ0v) is 6.61. The van der Waals surface area contributed by atoms with Crippen LogP contribution in [-0.2, 0) is 0 Å². The minimum atomic E-state index is 0.307. The van der Waals surface area contributed by atoms with Gasteiger partial charge in [-0.1, -0.05) is 6.92 Å². The van der Waals surface area contributed by atoms with Gasteiger partial charge < -0.3 is 0 Å². The SMILES string of the molecule is CCC1(C)C=CN=CS1. The van der Waals surface area contributed by atoms with Gasteiger partial charge in [-0.3, -0.25) is 4.99 Å². The summed E-state index contributed by atoms with van der Waals surface area (Å²) in [5, 5.41) is 0. The Hall–Kier alpha value is -0.240. The van der Waals surface area contributed by atoms with Gasteiger partial charge in [0.15, 0.2) is 0 Å². The monoisotopic (exact) mass is 141 g/mol. The highest BCUT2D eigenvalue weighted by Crippen LogP contribution is 2.30. The molecular weight excluding hydrogens is 130 g/mol. The number of nitrogens with zero attached hydrogens (tertiary/aromatic N) is 1. The summed E-state index contributed by atoms with van der Waals surface area (Å²) < 4.78 is 0.307. The summed E-state index contributed by atoms with van der Waals surface area (Å²) in [5.74, 6) is 0. The molecule has 1 rings (SSSR count). The number of hydrogen-bond acceptors (Lipinski definition) is 2. The standard InChI is InChI=1S/C7H11NS/c1-3-7(2)4-5-8-6-9-7/h4-6H,3H2,1-2H3. The van der Waals surface area contributed by atoms with Crippen LogP contribution in [0.15, 0.2) is 17.3 Å². The first-order valence-electron chi connectivity index (χ1n) is 3.14. The Bertz CT molecular complexity index is 151. The van der Waals surface area contributed by atoms with Crippen LogP contribution >= 0.6 is 11.8 Å². The molecule has 0 N–H and O–H groups in total. The molecule has 1 nitrogen and oxygen atoms in total. The average Bonchev–Trinajstić information content (AvgIpc) is 1.90. The first kappa shape index (κ1) is 6.87. The molecule has 0 aromatic carbocycles. The highest BCUT2D eigenvalue weighted by Gasteiger charge is 2.18. The molecule has 0 fully saturated rings. The third kappa shape index (κ3) is 1.58. The summed E-state index contributed by atoms with van der Waals surface area (Å²) in [5.41, 5.74) is 1.91. The van der Waals surface area contributed by atoms with Crippen LogP contribution in [0.4, 0.5) is 0 Å². The van der Waals surface area contributed by atoms with Gasteiger partial charge in [0.2, 0.25) is 0 Å². The topological polar surface area (TPSA) is 12.4 Å². The average molecular weight is 141 g/mol. The third-order valence-corrected chi connectivity index (χ3v) is 2.79. The fourth-order valence-corrected chi connectivity index (χ4v) is 1.31. The van der Waals surface area contributed by atoms with E-state index in [2.05, 4.69) is 24.9 Å². The number of hydrogen-bond donors (Lipinski definition) is 0. The summed E-state index contributed by atoms with van der Waals surface area (Å²) in [4.78, 5) is 3.98. The van der Waals surface area contributed by atoms with Crippen LogP contribution in [-0.4, -0.2) is 10.3 Å². The van der Waals surface area contributed by atoms with Gasteiger partial charge in [-0.2, -0.15) is 0 Å². The third-order valence-electron chi connectivity index (χ3n) is 1.60. The van der Waals surface area contributed by atoms with Gasteiger partial charge in [-0.15, -0.1) is 11.8 Å². The summed E-state index contributed by atoms with van der Waals surface area (Å²) >= 11 is 1.79. The number of aliphatic imine (C=N–C) groups is 1. The molecule has 0 saturated carbocycles. The molecule has 0 aromatic rings. The van der Waals surface area contributed by atoms with Gasteiger partial charge in [-0.05, 0) is 19.4 Å². The zero-order chi connectivity index (χ0) is 6.74. The lowest BCUT2D eigenvalue weighted by molar-refractivity contribution is 0.756. The van der Waals surface area contributed by atoms with Crippen molar-refractivity contribution in [2.75, 3.05) is 0 Å². The minimum Gasteiger partial charge on any atom is -0.258 e. The smallest absolute Gasteiger partial charge is 0.0604 e. The van der Waals surface area contributed by atoms with Crippen molar-refractivity contribution < 1.29 is 0 Å². The molecule has 0 bridgehead atoms. The van der Waals surface area contributed by atoms with E-state index in [9.17, 15) is 0 Å². The second kappa shape index (κ2) is 2.56. The number of thioether (sulfide) groups is 1. The summed E-state index contributed by atoms with van der Waals surface area (Å²) in [6.07, 6.45) is 5.19. The molecule has 1 heterocycles. The molecule has 1 aliphatic heterocycles. The summed E-state index contributed by atoms with van der Waals surface area (Å²) in [7, 11) is 0. The lowest BCUT2D eigenvalue weighted by Crippen LogP contribution is -2.16. The molecule has 0 saturated heterocycles. The minimum absolute atomic E-state index is 0.307. The van der Waals surface area contributed by atoms with Crippen LogP contribution in [0.1, 0.15) is 20.3 Å². The van der Waals surface area contributed by atoms with Crippen LogP contribution in [0.3, 0.4) is 0 Å². The zero-order valence-electron chi connectivity index (χ0n) is 5.79. The van der Waals surface area contributed by atoms with E-state index in [0.29, 0.717) is 4.75 Å². The lowest BCUT2D eigenvalue weighted by atomic mass is 10.1. The van der Waals surface area contributed by atoms with Crippen LogP contribution in [0.2, 0.25) is 0 Å². The van der Waals surface area contributed by atoms with Gasteiger partial charge in [0, 0.05) is 10.9 Å². The first-order chi connectivity index (χ1) is 4.27. The van der Waals surface area contributed by atoms with Crippen LogP contribution in [0.25, 0.3) is 0 Å². The summed E-state index contributed by atoms with van der Waals surface area (Å²) in [6, 6.07) is 0. The predicted octanol–water partition coefficient (Wildman–Crippen LogP) is 2.44. The van der Waals surface area contributed by atoms with E-state index in [1.54, 1.807) is 11.8 Å². The Morgan fingerprint density at radius 1 is 1.67 bits per heavy atom. The second-order valence-electron chi connectivity index (χ2n) is 2.35. The Morgan fingerprint density at radius 2 is 2.44 bits per heavy atom. The Morgan fingerprint density at radius 3 is 2.78 bits per heavy atom. The molecule has 1 aliphatic rings. The van der Waals surface area contributed by atoms with Crippen molar-refractivity contribution in [1.82, 2.24) is 0 Å². The Balaban J connectivity index is 2.63. The van der Waals surface area contributed by atoms with E-state index < -0.39 is 0 Å². The van der Waals surface area contributed by atoms with Gasteiger partial charge in [0.25, 0.3) is 0 Å². The highest BCUT2D eigenvalue weighted by molar-refractivity contribution is 8.13. The van der Waals surface area contributed by atoms with Crippen LogP contribution in [0.5, 0.6) is 0 Å². The van der Waals surface area contributed by atoms with Crippen molar-refractivity contribution in [3.63, 3.8) is 0 Å². The van der Waals surface area contributed by atoms with E-state index in [-0.39, 0.29) is 0 Å². The van der Waals surface area contributed by atoms with Crippen molar-refractivity contribution in [3.8, 4) is 0 Å². The van der Waals surface area contributed by atoms with E-state index in [1.165, 1.54) is 6.42 Å². The summed E-state index contributed by atoms with van der Waals surface area (Å²) in [6.45, 7) is 4.41. The lowest BCUT2D eigenvalue weighted by Gasteiger charge is -2.22. The van der Waals surface area contributed by atoms with E-state index in [1.807, 2.05) is 11.7 Å². The maximum atomic E-state index is 3.98. The van der Waals surface area contributed by atoms with Gasteiger partial charge in [0.1, 0.15) is 0 Å². The van der Waals surface area contributed by atoms with Crippen LogP contribution < -0.4 is 0 Å². The van der Waals surface area contributed by atoms with Crippen LogP contribution in [0, 0.1) is 0 Å². The van der Waals surface area contributed by atoms with Gasteiger partial charge >= 0.3 is 0 Å². The molecule has 9 heavy (non-hydrogen) atoms. The fraction of sp³-hybridized carbons (Fsp3) is 0.571. The van der Waals surface area contributed by atoms with Gasteiger partial charge in [0.05, 0.1) is 5.55 Å². The Labute approximate surface area is 60.3 Å². The maximum Gasteiger partial charge on any atom is 0.0604 e. The molecule has 50 valence electrons. The molecule has 2 heteroatoms.